The van der Waals surface area contributed by atoms with E-state index in [0.717, 1.165) is 6.54 Å². The van der Waals surface area contributed by atoms with Crippen LogP contribution in [0.15, 0.2) is 0 Å². The van der Waals surface area contributed by atoms with Crippen LogP contribution in [0.4, 0.5) is 0 Å². The van der Waals surface area contributed by atoms with E-state index in [1.807, 2.05) is 0 Å². The number of hydrogen-bond donors (Lipinski definition) is 1. The van der Waals surface area contributed by atoms with Crippen LogP contribution in [-0.4, -0.2) is 30.6 Å². The first-order valence-electron chi connectivity index (χ1n) is 5.32. The summed E-state index contributed by atoms with van der Waals surface area (Å²) in [5, 5.41) is 0. The van der Waals surface area contributed by atoms with E-state index in [4.69, 9.17) is 5.73 Å². The standard InChI is InChI=1S/C10H22N2/c1-2-3-7-12-8-5-4-6-10(12)9-11/h10H,2-9,11H2,1H3. The van der Waals surface area contributed by atoms with Crippen molar-refractivity contribution in [2.75, 3.05) is 19.6 Å². The number of rotatable bonds is 4. The molecular weight excluding hydrogens is 148 g/mol. The van der Waals surface area contributed by atoms with Crippen LogP contribution in [0, 0.1) is 0 Å². The first-order chi connectivity index (χ1) is 5.88. The molecule has 1 rings (SSSR count). The fraction of sp³-hybridized carbons (Fsp3) is 1.00. The summed E-state index contributed by atoms with van der Waals surface area (Å²) in [6.07, 6.45) is 6.70. The summed E-state index contributed by atoms with van der Waals surface area (Å²) in [6.45, 7) is 5.64. The lowest BCUT2D eigenvalue weighted by Crippen LogP contribution is -2.44. The molecule has 1 unspecified atom stereocenters. The van der Waals surface area contributed by atoms with Crippen LogP contribution in [0.25, 0.3) is 0 Å². The van der Waals surface area contributed by atoms with E-state index in [9.17, 15) is 0 Å². The SMILES string of the molecule is CCCCN1CCCCC1CN. The van der Waals surface area contributed by atoms with Crippen molar-refractivity contribution < 1.29 is 0 Å². The van der Waals surface area contributed by atoms with Crippen molar-refractivity contribution in [3.05, 3.63) is 0 Å². The Balaban J connectivity index is 2.26. The van der Waals surface area contributed by atoms with Crippen LogP contribution in [-0.2, 0) is 0 Å². The van der Waals surface area contributed by atoms with E-state index in [1.165, 1.54) is 45.2 Å². The van der Waals surface area contributed by atoms with Gasteiger partial charge in [-0.2, -0.15) is 0 Å². The second kappa shape index (κ2) is 5.55. The first-order valence-corrected chi connectivity index (χ1v) is 5.32. The molecule has 0 aromatic rings. The molecule has 0 aromatic heterocycles. The normalized spacial score (nSPS) is 26.0. The van der Waals surface area contributed by atoms with Gasteiger partial charge in [0.05, 0.1) is 0 Å². The lowest BCUT2D eigenvalue weighted by molar-refractivity contribution is 0.151. The van der Waals surface area contributed by atoms with Gasteiger partial charge in [-0.15, -0.1) is 0 Å². The van der Waals surface area contributed by atoms with E-state index < -0.39 is 0 Å². The molecule has 0 amide bonds. The maximum Gasteiger partial charge on any atom is 0.0218 e. The van der Waals surface area contributed by atoms with Crippen LogP contribution < -0.4 is 5.73 Å². The minimum absolute atomic E-state index is 0.685. The lowest BCUT2D eigenvalue weighted by Gasteiger charge is -2.34. The Morgan fingerprint density at radius 3 is 2.92 bits per heavy atom. The summed E-state index contributed by atoms with van der Waals surface area (Å²) in [5.74, 6) is 0. The lowest BCUT2D eigenvalue weighted by atomic mass is 10.0. The maximum absolute atomic E-state index is 5.72. The maximum atomic E-state index is 5.72. The van der Waals surface area contributed by atoms with E-state index in [-0.39, 0.29) is 0 Å². The number of unbranched alkanes of at least 4 members (excludes halogenated alkanes) is 1. The molecule has 72 valence electrons. The second-order valence-corrected chi connectivity index (χ2v) is 3.77. The molecule has 1 aliphatic rings. The molecule has 0 aromatic carbocycles. The number of likely N-dealkylation sites (tertiary alicyclic amines) is 1. The molecule has 0 spiro atoms. The topological polar surface area (TPSA) is 29.3 Å². The molecule has 2 heteroatoms. The van der Waals surface area contributed by atoms with E-state index in [0.29, 0.717) is 6.04 Å². The van der Waals surface area contributed by atoms with Crippen LogP contribution in [0.2, 0.25) is 0 Å². The van der Waals surface area contributed by atoms with Gasteiger partial charge < -0.3 is 5.73 Å². The zero-order chi connectivity index (χ0) is 8.81. The van der Waals surface area contributed by atoms with Crippen molar-refractivity contribution in [1.82, 2.24) is 4.90 Å². The largest absolute Gasteiger partial charge is 0.329 e. The Labute approximate surface area is 76.1 Å². The summed E-state index contributed by atoms with van der Waals surface area (Å²) < 4.78 is 0. The van der Waals surface area contributed by atoms with Crippen molar-refractivity contribution in [3.8, 4) is 0 Å². The average molecular weight is 170 g/mol. The van der Waals surface area contributed by atoms with Gasteiger partial charge in [-0.25, -0.2) is 0 Å². The van der Waals surface area contributed by atoms with Gasteiger partial charge in [0.25, 0.3) is 0 Å². The van der Waals surface area contributed by atoms with Crippen molar-refractivity contribution >= 4 is 0 Å². The number of nitrogens with two attached hydrogens (primary N) is 1. The number of hydrogen-bond acceptors (Lipinski definition) is 2. The molecule has 0 radical (unpaired) electrons. The van der Waals surface area contributed by atoms with Gasteiger partial charge in [0.1, 0.15) is 0 Å². The molecule has 0 aliphatic carbocycles. The monoisotopic (exact) mass is 170 g/mol. The highest BCUT2D eigenvalue weighted by Crippen LogP contribution is 2.16. The van der Waals surface area contributed by atoms with Gasteiger partial charge in [-0.3, -0.25) is 4.90 Å². The Bertz CT molecular complexity index is 114. The molecule has 2 nitrogen and oxygen atoms in total. The van der Waals surface area contributed by atoms with Gasteiger partial charge in [-0.1, -0.05) is 19.8 Å². The van der Waals surface area contributed by atoms with Crippen molar-refractivity contribution in [3.63, 3.8) is 0 Å². The molecule has 1 atom stereocenters. The molecule has 0 saturated carbocycles. The van der Waals surface area contributed by atoms with Gasteiger partial charge in [-0.05, 0) is 32.4 Å². The third kappa shape index (κ3) is 2.76. The van der Waals surface area contributed by atoms with E-state index in [2.05, 4.69) is 11.8 Å². The third-order valence-electron chi connectivity index (χ3n) is 2.82. The zero-order valence-electron chi connectivity index (χ0n) is 8.26. The van der Waals surface area contributed by atoms with Gasteiger partial charge in [0.15, 0.2) is 0 Å². The van der Waals surface area contributed by atoms with Gasteiger partial charge in [0, 0.05) is 12.6 Å². The molecule has 12 heavy (non-hydrogen) atoms. The fourth-order valence-corrected chi connectivity index (χ4v) is 1.98. The van der Waals surface area contributed by atoms with Crippen molar-refractivity contribution in [2.24, 2.45) is 5.73 Å². The quantitative estimate of drug-likeness (QED) is 0.694. The number of piperidine rings is 1. The van der Waals surface area contributed by atoms with Crippen molar-refractivity contribution in [1.29, 1.82) is 0 Å². The minimum Gasteiger partial charge on any atom is -0.329 e. The van der Waals surface area contributed by atoms with Gasteiger partial charge in [0.2, 0.25) is 0 Å². The summed E-state index contributed by atoms with van der Waals surface area (Å²) in [6, 6.07) is 0.685. The Morgan fingerprint density at radius 2 is 2.25 bits per heavy atom. The molecule has 2 N–H and O–H groups in total. The molecule has 0 bridgehead atoms. The summed E-state index contributed by atoms with van der Waals surface area (Å²) in [5.41, 5.74) is 5.72. The first kappa shape index (κ1) is 10.0. The predicted octanol–water partition coefficient (Wildman–Crippen LogP) is 1.60. The summed E-state index contributed by atoms with van der Waals surface area (Å²) in [4.78, 5) is 2.58. The van der Waals surface area contributed by atoms with Crippen LogP contribution in [0.3, 0.4) is 0 Å². The summed E-state index contributed by atoms with van der Waals surface area (Å²) >= 11 is 0. The second-order valence-electron chi connectivity index (χ2n) is 3.77. The molecular formula is C10H22N2. The van der Waals surface area contributed by atoms with Crippen LogP contribution in [0.1, 0.15) is 39.0 Å². The Kier molecular flexibility index (Phi) is 4.62. The Hall–Kier alpha value is -0.0800. The minimum atomic E-state index is 0.685. The van der Waals surface area contributed by atoms with E-state index in [1.54, 1.807) is 0 Å². The molecule has 1 aliphatic heterocycles. The third-order valence-corrected chi connectivity index (χ3v) is 2.82. The molecule has 1 heterocycles. The molecule has 1 fully saturated rings. The van der Waals surface area contributed by atoms with Crippen molar-refractivity contribution in [2.45, 2.75) is 45.1 Å². The predicted molar refractivity (Wildman–Crippen MR) is 53.2 cm³/mol. The molecule has 1 saturated heterocycles. The number of nitrogens with zero attached hydrogens (tertiary/aromatic N) is 1. The Morgan fingerprint density at radius 1 is 1.42 bits per heavy atom. The van der Waals surface area contributed by atoms with Crippen LogP contribution >= 0.6 is 0 Å². The van der Waals surface area contributed by atoms with Gasteiger partial charge >= 0.3 is 0 Å². The van der Waals surface area contributed by atoms with Crippen LogP contribution in [0.5, 0.6) is 0 Å². The highest BCUT2D eigenvalue weighted by Gasteiger charge is 2.19. The zero-order valence-corrected chi connectivity index (χ0v) is 8.26. The fourth-order valence-electron chi connectivity index (χ4n) is 1.98. The highest BCUT2D eigenvalue weighted by atomic mass is 15.2. The highest BCUT2D eigenvalue weighted by molar-refractivity contribution is 4.76. The van der Waals surface area contributed by atoms with E-state index >= 15 is 0 Å². The summed E-state index contributed by atoms with van der Waals surface area (Å²) in [7, 11) is 0. The smallest absolute Gasteiger partial charge is 0.0218 e. The average Bonchev–Trinajstić information content (AvgIpc) is 2.15.